The molecule has 0 radical (unpaired) electrons. The standard InChI is InChI=1S/C17H25BO4/c1-12(15(19)20-6)11-13-7-9-14(10-8-13)18-21-16(2,3)17(4,5)22-18/h7-10,12H,11H2,1-6H3/t12-/m0/s1. The lowest BCUT2D eigenvalue weighted by atomic mass is 9.78. The quantitative estimate of drug-likeness (QED) is 0.632. The predicted molar refractivity (Wildman–Crippen MR) is 87.0 cm³/mol. The van der Waals surface area contributed by atoms with Crippen LogP contribution in [-0.2, 0) is 25.3 Å². The number of rotatable bonds is 4. The van der Waals surface area contributed by atoms with Crippen molar-refractivity contribution in [1.29, 1.82) is 0 Å². The molecule has 120 valence electrons. The van der Waals surface area contributed by atoms with Crippen molar-refractivity contribution in [3.8, 4) is 0 Å². The molecule has 1 aliphatic heterocycles. The molecule has 0 spiro atoms. The first-order valence-electron chi connectivity index (χ1n) is 7.68. The summed E-state index contributed by atoms with van der Waals surface area (Å²) in [6.07, 6.45) is 0.663. The van der Waals surface area contributed by atoms with E-state index in [4.69, 9.17) is 14.0 Å². The van der Waals surface area contributed by atoms with Crippen molar-refractivity contribution in [2.24, 2.45) is 5.92 Å². The summed E-state index contributed by atoms with van der Waals surface area (Å²) in [5, 5.41) is 0. The summed E-state index contributed by atoms with van der Waals surface area (Å²) in [5.74, 6) is -0.331. The predicted octanol–water partition coefficient (Wildman–Crippen LogP) is 2.34. The highest BCUT2D eigenvalue weighted by Crippen LogP contribution is 2.36. The maximum absolute atomic E-state index is 11.5. The third kappa shape index (κ3) is 3.36. The number of methoxy groups -OCH3 is 1. The van der Waals surface area contributed by atoms with Gasteiger partial charge in [0.1, 0.15) is 0 Å². The first kappa shape index (κ1) is 17.0. The van der Waals surface area contributed by atoms with E-state index in [2.05, 4.69) is 0 Å². The van der Waals surface area contributed by atoms with Gasteiger partial charge in [-0.1, -0.05) is 31.2 Å². The smallest absolute Gasteiger partial charge is 0.469 e. The molecular weight excluding hydrogens is 279 g/mol. The normalized spacial score (nSPS) is 20.7. The molecule has 22 heavy (non-hydrogen) atoms. The Balaban J connectivity index is 2.06. The van der Waals surface area contributed by atoms with Crippen molar-refractivity contribution in [2.75, 3.05) is 7.11 Å². The molecule has 1 heterocycles. The van der Waals surface area contributed by atoms with Gasteiger partial charge in [-0.25, -0.2) is 0 Å². The van der Waals surface area contributed by atoms with Gasteiger partial charge >= 0.3 is 13.1 Å². The van der Waals surface area contributed by atoms with Crippen LogP contribution in [0.25, 0.3) is 0 Å². The fraction of sp³-hybridized carbons (Fsp3) is 0.588. The largest absolute Gasteiger partial charge is 0.494 e. The number of esters is 1. The molecule has 1 atom stereocenters. The van der Waals surface area contributed by atoms with E-state index in [1.807, 2.05) is 58.9 Å². The first-order chi connectivity index (χ1) is 10.2. The minimum Gasteiger partial charge on any atom is -0.469 e. The lowest BCUT2D eigenvalue weighted by Gasteiger charge is -2.32. The van der Waals surface area contributed by atoms with Crippen LogP contribution in [0.1, 0.15) is 40.2 Å². The van der Waals surface area contributed by atoms with E-state index >= 15 is 0 Å². The molecule has 1 saturated heterocycles. The molecular formula is C17H25BO4. The third-order valence-corrected chi connectivity index (χ3v) is 4.65. The summed E-state index contributed by atoms with van der Waals surface area (Å²) in [7, 11) is 1.07. The Hall–Kier alpha value is -1.33. The van der Waals surface area contributed by atoms with Gasteiger partial charge in [-0.05, 0) is 45.1 Å². The lowest BCUT2D eigenvalue weighted by Crippen LogP contribution is -2.41. The van der Waals surface area contributed by atoms with Crippen LogP contribution in [0.5, 0.6) is 0 Å². The molecule has 0 N–H and O–H groups in total. The number of hydrogen-bond acceptors (Lipinski definition) is 4. The molecule has 0 unspecified atom stereocenters. The number of carbonyl (C=O) groups is 1. The summed E-state index contributed by atoms with van der Waals surface area (Å²) < 4.78 is 16.8. The van der Waals surface area contributed by atoms with Crippen LogP contribution in [-0.4, -0.2) is 31.4 Å². The maximum atomic E-state index is 11.5. The molecule has 0 saturated carbocycles. The van der Waals surface area contributed by atoms with Crippen molar-refractivity contribution in [1.82, 2.24) is 0 Å². The highest BCUT2D eigenvalue weighted by Gasteiger charge is 2.51. The van der Waals surface area contributed by atoms with Crippen molar-refractivity contribution >= 4 is 18.6 Å². The molecule has 0 aliphatic carbocycles. The summed E-state index contributed by atoms with van der Waals surface area (Å²) in [4.78, 5) is 11.5. The second kappa shape index (κ2) is 6.05. The Bertz CT molecular complexity index is 520. The highest BCUT2D eigenvalue weighted by molar-refractivity contribution is 6.62. The van der Waals surface area contributed by atoms with Gasteiger partial charge in [-0.15, -0.1) is 0 Å². The topological polar surface area (TPSA) is 44.8 Å². The minimum absolute atomic E-state index is 0.146. The minimum atomic E-state index is -0.350. The van der Waals surface area contributed by atoms with Crippen molar-refractivity contribution in [3.05, 3.63) is 29.8 Å². The van der Waals surface area contributed by atoms with Gasteiger partial charge in [0, 0.05) is 0 Å². The highest BCUT2D eigenvalue weighted by atomic mass is 16.7. The molecule has 0 aromatic heterocycles. The SMILES string of the molecule is COC(=O)[C@@H](C)Cc1ccc(B2OC(C)(C)C(C)(C)O2)cc1. The van der Waals surface area contributed by atoms with E-state index in [9.17, 15) is 4.79 Å². The van der Waals surface area contributed by atoms with Crippen LogP contribution in [0.3, 0.4) is 0 Å². The van der Waals surface area contributed by atoms with E-state index in [0.29, 0.717) is 6.42 Å². The number of benzene rings is 1. The third-order valence-electron chi connectivity index (χ3n) is 4.65. The van der Waals surface area contributed by atoms with Crippen LogP contribution in [0.2, 0.25) is 0 Å². The Labute approximate surface area is 133 Å². The zero-order chi connectivity index (χ0) is 16.5. The molecule has 1 aromatic rings. The summed E-state index contributed by atoms with van der Waals surface area (Å²) >= 11 is 0. The first-order valence-corrected chi connectivity index (χ1v) is 7.68. The van der Waals surface area contributed by atoms with Gasteiger partial charge in [-0.3, -0.25) is 4.79 Å². The van der Waals surface area contributed by atoms with Gasteiger partial charge in [0.05, 0.1) is 24.2 Å². The Morgan fingerprint density at radius 1 is 1.14 bits per heavy atom. The number of carbonyl (C=O) groups excluding carboxylic acids is 1. The van der Waals surface area contributed by atoms with E-state index in [1.165, 1.54) is 7.11 Å². The number of ether oxygens (including phenoxy) is 1. The van der Waals surface area contributed by atoms with Crippen LogP contribution in [0.4, 0.5) is 0 Å². The lowest BCUT2D eigenvalue weighted by molar-refractivity contribution is -0.144. The van der Waals surface area contributed by atoms with Gasteiger partial charge in [0.15, 0.2) is 0 Å². The molecule has 0 bridgehead atoms. The molecule has 0 amide bonds. The summed E-state index contributed by atoms with van der Waals surface area (Å²) in [6.45, 7) is 10.0. The molecule has 2 rings (SSSR count). The Morgan fingerprint density at radius 3 is 2.09 bits per heavy atom. The van der Waals surface area contributed by atoms with Crippen LogP contribution < -0.4 is 5.46 Å². The number of hydrogen-bond donors (Lipinski definition) is 0. The monoisotopic (exact) mass is 304 g/mol. The van der Waals surface area contributed by atoms with Gasteiger partial charge in [0.2, 0.25) is 0 Å². The van der Waals surface area contributed by atoms with Crippen LogP contribution in [0, 0.1) is 5.92 Å². The van der Waals surface area contributed by atoms with Crippen LogP contribution in [0.15, 0.2) is 24.3 Å². The van der Waals surface area contributed by atoms with E-state index < -0.39 is 0 Å². The Kier molecular flexibility index (Phi) is 4.69. The summed E-state index contributed by atoms with van der Waals surface area (Å²) in [6, 6.07) is 8.03. The zero-order valence-electron chi connectivity index (χ0n) is 14.3. The molecule has 4 nitrogen and oxygen atoms in total. The van der Waals surface area contributed by atoms with E-state index in [1.54, 1.807) is 0 Å². The maximum Gasteiger partial charge on any atom is 0.494 e. The molecule has 1 aromatic carbocycles. The van der Waals surface area contributed by atoms with Crippen molar-refractivity contribution in [2.45, 2.75) is 52.2 Å². The zero-order valence-corrected chi connectivity index (χ0v) is 14.3. The van der Waals surface area contributed by atoms with Gasteiger partial charge < -0.3 is 14.0 Å². The molecule has 1 fully saturated rings. The molecule has 5 heteroatoms. The Morgan fingerprint density at radius 2 is 1.64 bits per heavy atom. The average Bonchev–Trinajstić information content (AvgIpc) is 2.67. The second-order valence-corrected chi connectivity index (χ2v) is 6.96. The van der Waals surface area contributed by atoms with Crippen molar-refractivity contribution < 1.29 is 18.8 Å². The second-order valence-electron chi connectivity index (χ2n) is 6.96. The van der Waals surface area contributed by atoms with Crippen LogP contribution >= 0.6 is 0 Å². The van der Waals surface area contributed by atoms with E-state index in [0.717, 1.165) is 11.0 Å². The fourth-order valence-electron chi connectivity index (χ4n) is 2.43. The summed E-state index contributed by atoms with van der Waals surface area (Å²) in [5.41, 5.74) is 1.41. The van der Waals surface area contributed by atoms with Crippen molar-refractivity contribution in [3.63, 3.8) is 0 Å². The molecule has 1 aliphatic rings. The average molecular weight is 304 g/mol. The van der Waals surface area contributed by atoms with Gasteiger partial charge in [0.25, 0.3) is 0 Å². The van der Waals surface area contributed by atoms with E-state index in [-0.39, 0.29) is 30.2 Å². The fourth-order valence-corrected chi connectivity index (χ4v) is 2.43. The van der Waals surface area contributed by atoms with Gasteiger partial charge in [-0.2, -0.15) is 0 Å².